The summed E-state index contributed by atoms with van der Waals surface area (Å²) in [6.45, 7) is 4.07. The Kier molecular flexibility index (Phi) is 2.82. The smallest absolute Gasteiger partial charge is 0.318 e. The lowest BCUT2D eigenvalue weighted by molar-refractivity contribution is 0.174. The van der Waals surface area contributed by atoms with Crippen LogP contribution >= 0.6 is 0 Å². The summed E-state index contributed by atoms with van der Waals surface area (Å²) in [6, 6.07) is 10.4. The van der Waals surface area contributed by atoms with Gasteiger partial charge in [-0.05, 0) is 37.8 Å². The second kappa shape index (κ2) is 4.48. The molecule has 0 radical (unpaired) electrons. The maximum Gasteiger partial charge on any atom is 0.322 e. The molecule has 1 N–H and O–H groups in total. The van der Waals surface area contributed by atoms with Gasteiger partial charge in [-0.3, -0.25) is 0 Å². The van der Waals surface area contributed by atoms with Crippen LogP contribution in [0.15, 0.2) is 42.5 Å². The Morgan fingerprint density at radius 1 is 1.17 bits per heavy atom. The molecule has 2 bridgehead atoms. The van der Waals surface area contributed by atoms with Gasteiger partial charge in [-0.25, -0.2) is 4.79 Å². The molecule has 1 aromatic rings. The maximum absolute atomic E-state index is 12.3. The van der Waals surface area contributed by atoms with Crippen LogP contribution in [-0.4, -0.2) is 23.0 Å². The van der Waals surface area contributed by atoms with Crippen LogP contribution in [0.3, 0.4) is 0 Å². The minimum Gasteiger partial charge on any atom is -0.318 e. The van der Waals surface area contributed by atoms with Crippen molar-refractivity contribution in [3.63, 3.8) is 0 Å². The van der Waals surface area contributed by atoms with E-state index in [1.807, 2.05) is 35.2 Å². The van der Waals surface area contributed by atoms with Gasteiger partial charge in [-0.15, -0.1) is 0 Å². The van der Waals surface area contributed by atoms with E-state index in [2.05, 4.69) is 11.9 Å². The lowest BCUT2D eigenvalue weighted by atomic mass is 9.99. The number of benzene rings is 1. The lowest BCUT2D eigenvalue weighted by Gasteiger charge is -2.35. The van der Waals surface area contributed by atoms with Gasteiger partial charge in [0.1, 0.15) is 0 Å². The molecule has 0 aliphatic carbocycles. The van der Waals surface area contributed by atoms with Crippen molar-refractivity contribution < 1.29 is 4.79 Å². The number of amides is 2. The fourth-order valence-corrected chi connectivity index (χ4v) is 3.15. The third kappa shape index (κ3) is 2.01. The number of para-hydroxylation sites is 1. The molecule has 0 spiro atoms. The highest BCUT2D eigenvalue weighted by Crippen LogP contribution is 2.37. The van der Waals surface area contributed by atoms with Crippen LogP contribution < -0.4 is 5.32 Å². The molecule has 3 heteroatoms. The molecule has 2 heterocycles. The lowest BCUT2D eigenvalue weighted by Crippen LogP contribution is -2.46. The number of nitrogens with one attached hydrogen (secondary N) is 1. The number of anilines is 1. The summed E-state index contributed by atoms with van der Waals surface area (Å²) in [5.41, 5.74) is 2.16. The summed E-state index contributed by atoms with van der Waals surface area (Å²) in [6.07, 6.45) is 4.18. The highest BCUT2D eigenvalue weighted by atomic mass is 16.2. The van der Waals surface area contributed by atoms with Gasteiger partial charge in [-0.1, -0.05) is 30.4 Å². The number of fused-ring (bicyclic) bond motifs is 2. The van der Waals surface area contributed by atoms with E-state index in [0.717, 1.165) is 31.4 Å². The second-order valence-electron chi connectivity index (χ2n) is 5.25. The van der Waals surface area contributed by atoms with Crippen molar-refractivity contribution in [2.45, 2.75) is 37.8 Å². The highest BCUT2D eigenvalue weighted by Gasteiger charge is 2.40. The highest BCUT2D eigenvalue weighted by molar-refractivity contribution is 5.90. The van der Waals surface area contributed by atoms with Crippen LogP contribution in [0.5, 0.6) is 0 Å². The van der Waals surface area contributed by atoms with Gasteiger partial charge in [0, 0.05) is 17.8 Å². The van der Waals surface area contributed by atoms with Gasteiger partial charge in [-0.2, -0.15) is 0 Å². The summed E-state index contributed by atoms with van der Waals surface area (Å²) in [4.78, 5) is 14.3. The number of carbonyl (C=O) groups excluding carboxylic acids is 1. The molecule has 2 aliphatic rings. The zero-order valence-corrected chi connectivity index (χ0v) is 10.4. The average molecular weight is 242 g/mol. The van der Waals surface area contributed by atoms with Crippen molar-refractivity contribution >= 4 is 11.7 Å². The molecule has 1 aromatic carbocycles. The number of urea groups is 1. The van der Waals surface area contributed by atoms with Gasteiger partial charge < -0.3 is 10.2 Å². The van der Waals surface area contributed by atoms with Gasteiger partial charge in [0.2, 0.25) is 0 Å². The zero-order chi connectivity index (χ0) is 12.5. The van der Waals surface area contributed by atoms with E-state index in [1.165, 1.54) is 5.57 Å². The van der Waals surface area contributed by atoms with Crippen molar-refractivity contribution in [2.75, 3.05) is 5.32 Å². The molecule has 2 amide bonds. The third-order valence-electron chi connectivity index (χ3n) is 3.93. The second-order valence-corrected chi connectivity index (χ2v) is 5.25. The van der Waals surface area contributed by atoms with Crippen LogP contribution in [0.2, 0.25) is 0 Å². The molecule has 0 aromatic heterocycles. The van der Waals surface area contributed by atoms with Gasteiger partial charge in [0.15, 0.2) is 0 Å². The summed E-state index contributed by atoms with van der Waals surface area (Å²) in [5, 5.41) is 2.98. The summed E-state index contributed by atoms with van der Waals surface area (Å²) in [5.74, 6) is 0. The van der Waals surface area contributed by atoms with E-state index in [0.29, 0.717) is 12.1 Å². The summed E-state index contributed by atoms with van der Waals surface area (Å²) < 4.78 is 0. The monoisotopic (exact) mass is 242 g/mol. The topological polar surface area (TPSA) is 32.3 Å². The Balaban J connectivity index is 1.72. The van der Waals surface area contributed by atoms with Crippen molar-refractivity contribution in [1.29, 1.82) is 0 Å². The Hall–Kier alpha value is -1.77. The molecule has 2 aliphatic heterocycles. The Morgan fingerprint density at radius 2 is 1.78 bits per heavy atom. The van der Waals surface area contributed by atoms with E-state index in [-0.39, 0.29) is 6.03 Å². The van der Waals surface area contributed by atoms with Crippen LogP contribution in [0, 0.1) is 0 Å². The molecule has 18 heavy (non-hydrogen) atoms. The average Bonchev–Trinajstić information content (AvgIpc) is 2.63. The largest absolute Gasteiger partial charge is 0.322 e. The van der Waals surface area contributed by atoms with Crippen molar-refractivity contribution in [1.82, 2.24) is 4.90 Å². The zero-order valence-electron chi connectivity index (χ0n) is 10.4. The maximum atomic E-state index is 12.3. The van der Waals surface area contributed by atoms with Crippen molar-refractivity contribution in [3.05, 3.63) is 42.5 Å². The van der Waals surface area contributed by atoms with E-state index in [9.17, 15) is 4.79 Å². The minimum absolute atomic E-state index is 0.0428. The first-order chi connectivity index (χ1) is 8.74. The SMILES string of the molecule is C=C1CC2CCC(C1)N2C(=O)Nc1ccccc1. The van der Waals surface area contributed by atoms with Crippen molar-refractivity contribution in [3.8, 4) is 0 Å². The predicted octanol–water partition coefficient (Wildman–Crippen LogP) is 3.40. The summed E-state index contributed by atoms with van der Waals surface area (Å²) in [7, 11) is 0. The molecule has 94 valence electrons. The molecule has 0 saturated carbocycles. The molecular weight excluding hydrogens is 224 g/mol. The number of hydrogen-bond donors (Lipinski definition) is 1. The fraction of sp³-hybridized carbons (Fsp3) is 0.400. The van der Waals surface area contributed by atoms with Crippen LogP contribution in [0.25, 0.3) is 0 Å². The van der Waals surface area contributed by atoms with Crippen LogP contribution in [0.4, 0.5) is 10.5 Å². The van der Waals surface area contributed by atoms with Crippen LogP contribution in [0.1, 0.15) is 25.7 Å². The van der Waals surface area contributed by atoms with E-state index < -0.39 is 0 Å². The van der Waals surface area contributed by atoms with E-state index >= 15 is 0 Å². The summed E-state index contributed by atoms with van der Waals surface area (Å²) >= 11 is 0. The van der Waals surface area contributed by atoms with E-state index in [4.69, 9.17) is 0 Å². The number of rotatable bonds is 1. The number of carbonyl (C=O) groups is 1. The van der Waals surface area contributed by atoms with Gasteiger partial charge >= 0.3 is 6.03 Å². The molecule has 3 rings (SSSR count). The molecule has 2 fully saturated rings. The van der Waals surface area contributed by atoms with E-state index in [1.54, 1.807) is 0 Å². The Labute approximate surface area is 107 Å². The molecule has 2 saturated heterocycles. The number of nitrogens with zero attached hydrogens (tertiary/aromatic N) is 1. The molecule has 3 nitrogen and oxygen atoms in total. The van der Waals surface area contributed by atoms with Gasteiger partial charge in [0.05, 0.1) is 0 Å². The van der Waals surface area contributed by atoms with Crippen molar-refractivity contribution in [2.24, 2.45) is 0 Å². The first-order valence-electron chi connectivity index (χ1n) is 6.55. The first kappa shape index (κ1) is 11.3. The molecule has 2 atom stereocenters. The Morgan fingerprint density at radius 3 is 2.39 bits per heavy atom. The third-order valence-corrected chi connectivity index (χ3v) is 3.93. The fourth-order valence-electron chi connectivity index (χ4n) is 3.15. The molecular formula is C15H18N2O. The quantitative estimate of drug-likeness (QED) is 0.752. The number of hydrogen-bond acceptors (Lipinski definition) is 1. The molecule has 2 unspecified atom stereocenters. The predicted molar refractivity (Wildman–Crippen MR) is 72.5 cm³/mol. The Bertz CT molecular complexity index is 453. The normalized spacial score (nSPS) is 26.2. The van der Waals surface area contributed by atoms with Crippen LogP contribution in [-0.2, 0) is 0 Å². The first-order valence-corrected chi connectivity index (χ1v) is 6.55. The number of piperidine rings is 1. The standard InChI is InChI=1S/C15H18N2O/c1-11-9-13-7-8-14(10-11)17(13)15(18)16-12-5-3-2-4-6-12/h2-6,13-14H,1,7-10H2,(H,16,18). The minimum atomic E-state index is 0.0428. The van der Waals surface area contributed by atoms with Gasteiger partial charge in [0.25, 0.3) is 0 Å².